The molecule has 0 atom stereocenters. The van der Waals surface area contributed by atoms with Crippen LogP contribution in [0.25, 0.3) is 10.2 Å². The van der Waals surface area contributed by atoms with Crippen LogP contribution in [0.2, 0.25) is 0 Å². The minimum atomic E-state index is 0.813. The van der Waals surface area contributed by atoms with E-state index in [1.54, 1.807) is 11.3 Å². The summed E-state index contributed by atoms with van der Waals surface area (Å²) in [6.07, 6.45) is 1.20. The number of hydrogen-bond acceptors (Lipinski definition) is 5. The normalized spacial score (nSPS) is 18.2. The van der Waals surface area contributed by atoms with E-state index in [0.29, 0.717) is 0 Å². The molecular weight excluding hydrogens is 244 g/mol. The van der Waals surface area contributed by atoms with Gasteiger partial charge >= 0.3 is 0 Å². The van der Waals surface area contributed by atoms with Gasteiger partial charge in [-0.25, -0.2) is 4.98 Å². The molecule has 1 fully saturated rings. The quantitative estimate of drug-likeness (QED) is 0.799. The van der Waals surface area contributed by atoms with E-state index in [-0.39, 0.29) is 0 Å². The largest absolute Gasteiger partial charge is 0.399 e. The van der Waals surface area contributed by atoms with Crippen molar-refractivity contribution in [1.82, 2.24) is 9.88 Å². The van der Waals surface area contributed by atoms with E-state index in [0.717, 1.165) is 36.0 Å². The molecule has 0 saturated carbocycles. The summed E-state index contributed by atoms with van der Waals surface area (Å²) in [5.41, 5.74) is 7.68. The highest BCUT2D eigenvalue weighted by Crippen LogP contribution is 2.30. The van der Waals surface area contributed by atoms with Gasteiger partial charge < -0.3 is 15.5 Å². The summed E-state index contributed by atoms with van der Waals surface area (Å²) < 4.78 is 1.18. The fourth-order valence-electron chi connectivity index (χ4n) is 2.30. The van der Waals surface area contributed by atoms with E-state index in [1.807, 2.05) is 18.2 Å². The van der Waals surface area contributed by atoms with Crippen molar-refractivity contribution in [2.45, 2.75) is 6.42 Å². The van der Waals surface area contributed by atoms with Gasteiger partial charge in [-0.1, -0.05) is 11.3 Å². The fourth-order valence-corrected chi connectivity index (χ4v) is 3.37. The Hall–Kier alpha value is -1.33. The van der Waals surface area contributed by atoms with Crippen LogP contribution in [0.3, 0.4) is 0 Å². The van der Waals surface area contributed by atoms with Gasteiger partial charge in [0.05, 0.1) is 10.2 Å². The van der Waals surface area contributed by atoms with Gasteiger partial charge in [-0.05, 0) is 38.2 Å². The van der Waals surface area contributed by atoms with Crippen LogP contribution in [0.1, 0.15) is 6.42 Å². The molecule has 3 rings (SSSR count). The van der Waals surface area contributed by atoms with Crippen molar-refractivity contribution in [3.63, 3.8) is 0 Å². The smallest absolute Gasteiger partial charge is 0.186 e. The second-order valence-corrected chi connectivity index (χ2v) is 5.88. The third-order valence-corrected chi connectivity index (χ3v) is 4.47. The van der Waals surface area contributed by atoms with Gasteiger partial charge in [0.1, 0.15) is 0 Å². The van der Waals surface area contributed by atoms with Gasteiger partial charge in [-0.15, -0.1) is 0 Å². The first-order valence-electron chi connectivity index (χ1n) is 6.32. The second-order valence-electron chi connectivity index (χ2n) is 4.87. The zero-order valence-electron chi connectivity index (χ0n) is 10.6. The Labute approximate surface area is 111 Å². The number of nitrogen functional groups attached to an aromatic ring is 1. The number of benzene rings is 1. The molecule has 2 heterocycles. The topological polar surface area (TPSA) is 45.4 Å². The molecule has 18 heavy (non-hydrogen) atoms. The van der Waals surface area contributed by atoms with Gasteiger partial charge in [-0.3, -0.25) is 0 Å². The molecule has 0 spiro atoms. The molecule has 0 bridgehead atoms. The van der Waals surface area contributed by atoms with Crippen molar-refractivity contribution in [1.29, 1.82) is 0 Å². The Balaban J connectivity index is 1.89. The van der Waals surface area contributed by atoms with E-state index in [2.05, 4.69) is 16.8 Å². The number of rotatable bonds is 1. The number of thiazole rings is 1. The summed E-state index contributed by atoms with van der Waals surface area (Å²) in [6, 6.07) is 5.94. The summed E-state index contributed by atoms with van der Waals surface area (Å²) in [4.78, 5) is 9.49. The average molecular weight is 262 g/mol. The van der Waals surface area contributed by atoms with E-state index in [9.17, 15) is 0 Å². The van der Waals surface area contributed by atoms with Gasteiger partial charge in [0.2, 0.25) is 0 Å². The first-order chi connectivity index (χ1) is 8.72. The number of likely N-dealkylation sites (N-methyl/N-ethyl adjacent to an activating group) is 1. The predicted octanol–water partition coefficient (Wildman–Crippen LogP) is 2.02. The lowest BCUT2D eigenvalue weighted by Gasteiger charge is -2.18. The van der Waals surface area contributed by atoms with Gasteiger partial charge in [0.15, 0.2) is 5.13 Å². The molecule has 0 aliphatic carbocycles. The van der Waals surface area contributed by atoms with Crippen molar-refractivity contribution in [2.75, 3.05) is 43.9 Å². The van der Waals surface area contributed by atoms with Crippen molar-refractivity contribution in [3.05, 3.63) is 18.2 Å². The first kappa shape index (κ1) is 11.7. The maximum atomic E-state index is 5.81. The Morgan fingerprint density at radius 3 is 3.00 bits per heavy atom. The van der Waals surface area contributed by atoms with E-state index in [4.69, 9.17) is 10.7 Å². The number of nitrogens with zero attached hydrogens (tertiary/aromatic N) is 3. The predicted molar refractivity (Wildman–Crippen MR) is 78.4 cm³/mol. The molecule has 1 aliphatic heterocycles. The molecule has 2 aromatic rings. The highest BCUT2D eigenvalue weighted by atomic mass is 32.1. The maximum absolute atomic E-state index is 5.81. The van der Waals surface area contributed by atoms with E-state index >= 15 is 0 Å². The van der Waals surface area contributed by atoms with Gasteiger partial charge in [-0.2, -0.15) is 0 Å². The molecular formula is C13H18N4S. The first-order valence-corrected chi connectivity index (χ1v) is 7.13. The number of hydrogen-bond donors (Lipinski definition) is 1. The lowest BCUT2D eigenvalue weighted by molar-refractivity contribution is 0.360. The third-order valence-electron chi connectivity index (χ3n) is 3.39. The van der Waals surface area contributed by atoms with Gasteiger partial charge in [0, 0.05) is 25.3 Å². The highest BCUT2D eigenvalue weighted by Gasteiger charge is 2.16. The summed E-state index contributed by atoms with van der Waals surface area (Å²) >= 11 is 1.74. The molecule has 1 aromatic heterocycles. The SMILES string of the molecule is CN1CCCN(c2nc3ccc(N)cc3s2)CC1. The van der Waals surface area contributed by atoms with Crippen molar-refractivity contribution in [3.8, 4) is 0 Å². The molecule has 0 amide bonds. The highest BCUT2D eigenvalue weighted by molar-refractivity contribution is 7.22. The monoisotopic (exact) mass is 262 g/mol. The molecule has 1 aromatic carbocycles. The molecule has 5 heteroatoms. The molecule has 0 unspecified atom stereocenters. The van der Waals surface area contributed by atoms with Crippen LogP contribution in [-0.4, -0.2) is 43.1 Å². The second kappa shape index (κ2) is 4.74. The van der Waals surface area contributed by atoms with Crippen LogP contribution >= 0.6 is 11.3 Å². The molecule has 2 N–H and O–H groups in total. The van der Waals surface area contributed by atoms with E-state index in [1.165, 1.54) is 17.7 Å². The summed E-state index contributed by atoms with van der Waals surface area (Å²) in [6.45, 7) is 4.44. The van der Waals surface area contributed by atoms with Crippen LogP contribution in [0.15, 0.2) is 18.2 Å². The lowest BCUT2D eigenvalue weighted by Crippen LogP contribution is -2.28. The average Bonchev–Trinajstić information content (AvgIpc) is 2.63. The minimum Gasteiger partial charge on any atom is -0.399 e. The number of aromatic nitrogens is 1. The molecule has 0 radical (unpaired) electrons. The maximum Gasteiger partial charge on any atom is 0.186 e. The van der Waals surface area contributed by atoms with Crippen LogP contribution in [0.5, 0.6) is 0 Å². The lowest BCUT2D eigenvalue weighted by atomic mass is 10.3. The van der Waals surface area contributed by atoms with Crippen LogP contribution in [-0.2, 0) is 0 Å². The Bertz CT molecular complexity index is 551. The minimum absolute atomic E-state index is 0.813. The standard InChI is InChI=1S/C13H18N4S/c1-16-5-2-6-17(8-7-16)13-15-11-4-3-10(14)9-12(11)18-13/h3-4,9H,2,5-8,14H2,1H3. The Morgan fingerprint density at radius 2 is 2.11 bits per heavy atom. The number of nitrogens with two attached hydrogens (primary N) is 1. The summed E-state index contributed by atoms with van der Waals surface area (Å²) in [7, 11) is 2.18. The molecule has 96 valence electrons. The summed E-state index contributed by atoms with van der Waals surface area (Å²) in [5.74, 6) is 0. The van der Waals surface area contributed by atoms with E-state index < -0.39 is 0 Å². The van der Waals surface area contributed by atoms with Gasteiger partial charge in [0.25, 0.3) is 0 Å². The Kier molecular flexibility index (Phi) is 3.09. The number of fused-ring (bicyclic) bond motifs is 1. The molecule has 4 nitrogen and oxygen atoms in total. The van der Waals surface area contributed by atoms with Crippen molar-refractivity contribution >= 4 is 32.4 Å². The summed E-state index contributed by atoms with van der Waals surface area (Å²) in [5, 5.41) is 1.13. The Morgan fingerprint density at radius 1 is 1.22 bits per heavy atom. The van der Waals surface area contributed by atoms with Crippen molar-refractivity contribution in [2.24, 2.45) is 0 Å². The fraction of sp³-hybridized carbons (Fsp3) is 0.462. The third kappa shape index (κ3) is 2.28. The molecule has 1 saturated heterocycles. The van der Waals surface area contributed by atoms with Crippen LogP contribution in [0, 0.1) is 0 Å². The van der Waals surface area contributed by atoms with Crippen LogP contribution < -0.4 is 10.6 Å². The van der Waals surface area contributed by atoms with Crippen LogP contribution in [0.4, 0.5) is 10.8 Å². The molecule has 1 aliphatic rings. The zero-order valence-corrected chi connectivity index (χ0v) is 11.4. The number of anilines is 2. The zero-order chi connectivity index (χ0) is 12.5. The van der Waals surface area contributed by atoms with Crippen molar-refractivity contribution < 1.29 is 0 Å².